The molecule has 3 nitrogen and oxygen atoms in total. The number of aliphatic carboxylic acids is 1. The molecule has 4 heteroatoms. The third-order valence-corrected chi connectivity index (χ3v) is 4.03. The second kappa shape index (κ2) is 8.28. The van der Waals surface area contributed by atoms with Crippen molar-refractivity contribution in [1.82, 2.24) is 4.98 Å². The molecule has 0 fully saturated rings. The van der Waals surface area contributed by atoms with Crippen LogP contribution in [0, 0.1) is 0 Å². The maximum Gasteiger partial charge on any atom is 0.335 e. The van der Waals surface area contributed by atoms with E-state index in [2.05, 4.69) is 4.98 Å². The number of pyridine rings is 1. The molecule has 0 amide bonds. The van der Waals surface area contributed by atoms with Crippen LogP contribution in [-0.2, 0) is 4.79 Å². The third-order valence-electron chi connectivity index (χ3n) is 3.78. The quantitative estimate of drug-likeness (QED) is 0.493. The Labute approximate surface area is 156 Å². The Morgan fingerprint density at radius 1 is 0.885 bits per heavy atom. The highest BCUT2D eigenvalue weighted by atomic mass is 35.5. The zero-order valence-electron chi connectivity index (χ0n) is 13.8. The lowest BCUT2D eigenvalue weighted by Gasteiger charge is -2.09. The Kier molecular flexibility index (Phi) is 5.62. The summed E-state index contributed by atoms with van der Waals surface area (Å²) in [5.41, 5.74) is 3.34. The molecule has 0 unspecified atom stereocenters. The van der Waals surface area contributed by atoms with Gasteiger partial charge in [0.1, 0.15) is 0 Å². The van der Waals surface area contributed by atoms with Crippen molar-refractivity contribution < 1.29 is 9.90 Å². The van der Waals surface area contributed by atoms with E-state index in [9.17, 15) is 9.90 Å². The first-order valence-electron chi connectivity index (χ1n) is 8.02. The standard InChI is InChI=1S/C22H16ClNO2/c23-19-11-9-17(10-12-19)21(16-6-2-1-3-7-16)15-18(22(25)26)14-20-8-4-5-13-24-20/h1-15H,(H,25,26)/b18-14+,21-15-. The molecular weight excluding hydrogens is 346 g/mol. The Balaban J connectivity index is 2.14. The monoisotopic (exact) mass is 361 g/mol. The molecule has 0 atom stereocenters. The van der Waals surface area contributed by atoms with Gasteiger partial charge in [0.25, 0.3) is 0 Å². The number of nitrogens with zero attached hydrogens (tertiary/aromatic N) is 1. The van der Waals surface area contributed by atoms with Gasteiger partial charge in [-0.2, -0.15) is 0 Å². The number of hydrogen-bond donors (Lipinski definition) is 1. The van der Waals surface area contributed by atoms with Crippen LogP contribution in [-0.4, -0.2) is 16.1 Å². The Hall–Kier alpha value is -3.17. The average molecular weight is 362 g/mol. The fourth-order valence-electron chi connectivity index (χ4n) is 2.52. The highest BCUT2D eigenvalue weighted by Crippen LogP contribution is 2.26. The van der Waals surface area contributed by atoms with E-state index in [1.165, 1.54) is 0 Å². The van der Waals surface area contributed by atoms with Crippen LogP contribution in [0.5, 0.6) is 0 Å². The molecule has 1 heterocycles. The van der Waals surface area contributed by atoms with Gasteiger partial charge in [0.15, 0.2) is 0 Å². The Bertz CT molecular complexity index is 946. The van der Waals surface area contributed by atoms with Crippen LogP contribution >= 0.6 is 11.6 Å². The summed E-state index contributed by atoms with van der Waals surface area (Å²) in [7, 11) is 0. The van der Waals surface area contributed by atoms with Crippen LogP contribution < -0.4 is 0 Å². The first-order chi connectivity index (χ1) is 12.6. The van der Waals surface area contributed by atoms with Gasteiger partial charge in [-0.15, -0.1) is 0 Å². The molecule has 3 rings (SSSR count). The summed E-state index contributed by atoms with van der Waals surface area (Å²) < 4.78 is 0. The molecule has 0 bridgehead atoms. The van der Waals surface area contributed by atoms with Gasteiger partial charge in [0.2, 0.25) is 0 Å². The van der Waals surface area contributed by atoms with Crippen molar-refractivity contribution in [3.05, 3.63) is 112 Å². The van der Waals surface area contributed by atoms with Crippen molar-refractivity contribution in [1.29, 1.82) is 0 Å². The highest BCUT2D eigenvalue weighted by Gasteiger charge is 2.11. The number of rotatable bonds is 5. The summed E-state index contributed by atoms with van der Waals surface area (Å²) in [6, 6.07) is 22.4. The number of halogens is 1. The second-order valence-electron chi connectivity index (χ2n) is 5.59. The molecule has 3 aromatic rings. The molecular formula is C22H16ClNO2. The predicted molar refractivity (Wildman–Crippen MR) is 105 cm³/mol. The average Bonchev–Trinajstić information content (AvgIpc) is 2.67. The Morgan fingerprint density at radius 2 is 1.54 bits per heavy atom. The molecule has 0 aliphatic carbocycles. The van der Waals surface area contributed by atoms with E-state index in [-0.39, 0.29) is 5.57 Å². The molecule has 0 aliphatic rings. The van der Waals surface area contributed by atoms with Crippen molar-refractivity contribution in [2.45, 2.75) is 0 Å². The van der Waals surface area contributed by atoms with Gasteiger partial charge in [0.05, 0.1) is 11.3 Å². The van der Waals surface area contributed by atoms with Crippen molar-refractivity contribution in [3.63, 3.8) is 0 Å². The van der Waals surface area contributed by atoms with Crippen LogP contribution in [0.1, 0.15) is 16.8 Å². The number of aromatic nitrogens is 1. The minimum atomic E-state index is -1.02. The summed E-state index contributed by atoms with van der Waals surface area (Å²) in [4.78, 5) is 16.0. The maximum absolute atomic E-state index is 11.8. The van der Waals surface area contributed by atoms with Gasteiger partial charge in [-0.3, -0.25) is 4.98 Å². The summed E-state index contributed by atoms with van der Waals surface area (Å²) in [5, 5.41) is 10.3. The van der Waals surface area contributed by atoms with Gasteiger partial charge in [-0.05, 0) is 53.1 Å². The van der Waals surface area contributed by atoms with Gasteiger partial charge >= 0.3 is 5.97 Å². The zero-order chi connectivity index (χ0) is 18.4. The molecule has 1 N–H and O–H groups in total. The van der Waals surface area contributed by atoms with Crippen molar-refractivity contribution >= 4 is 29.2 Å². The first kappa shape index (κ1) is 17.6. The third kappa shape index (κ3) is 4.47. The van der Waals surface area contributed by atoms with Gasteiger partial charge < -0.3 is 5.11 Å². The molecule has 26 heavy (non-hydrogen) atoms. The molecule has 0 radical (unpaired) electrons. The fourth-order valence-corrected chi connectivity index (χ4v) is 2.65. The molecule has 2 aromatic carbocycles. The van der Waals surface area contributed by atoms with Crippen molar-refractivity contribution in [2.75, 3.05) is 0 Å². The lowest BCUT2D eigenvalue weighted by Crippen LogP contribution is -2.00. The van der Waals surface area contributed by atoms with E-state index < -0.39 is 5.97 Å². The lowest BCUT2D eigenvalue weighted by atomic mass is 9.95. The van der Waals surface area contributed by atoms with Crippen molar-refractivity contribution in [2.24, 2.45) is 0 Å². The molecule has 0 aliphatic heterocycles. The van der Waals surface area contributed by atoms with E-state index in [4.69, 9.17) is 11.6 Å². The van der Waals surface area contributed by atoms with E-state index in [1.807, 2.05) is 48.5 Å². The summed E-state index contributed by atoms with van der Waals surface area (Å²) in [6.07, 6.45) is 4.85. The minimum absolute atomic E-state index is 0.150. The molecule has 0 saturated carbocycles. The summed E-state index contributed by atoms with van der Waals surface area (Å²) >= 11 is 5.99. The highest BCUT2D eigenvalue weighted by molar-refractivity contribution is 6.30. The SMILES string of the molecule is O=C(O)C(/C=C(/c1ccccc1)c1ccc(Cl)cc1)=C/c1ccccn1. The molecule has 1 aromatic heterocycles. The topological polar surface area (TPSA) is 50.2 Å². The smallest absolute Gasteiger partial charge is 0.335 e. The number of carbonyl (C=O) groups is 1. The van der Waals surface area contributed by atoms with Crippen LogP contribution in [0.15, 0.2) is 90.6 Å². The van der Waals surface area contributed by atoms with E-state index in [0.29, 0.717) is 10.7 Å². The number of benzene rings is 2. The molecule has 0 spiro atoms. The van der Waals surface area contributed by atoms with Crippen molar-refractivity contribution in [3.8, 4) is 0 Å². The van der Waals surface area contributed by atoms with Gasteiger partial charge in [-0.25, -0.2) is 4.79 Å². The number of carboxylic acid groups (broad SMARTS) is 1. The van der Waals surface area contributed by atoms with Crippen LogP contribution in [0.3, 0.4) is 0 Å². The zero-order valence-corrected chi connectivity index (χ0v) is 14.6. The largest absolute Gasteiger partial charge is 0.478 e. The van der Waals surface area contributed by atoms with E-state index in [1.54, 1.807) is 42.6 Å². The number of hydrogen-bond acceptors (Lipinski definition) is 2. The predicted octanol–water partition coefficient (Wildman–Crippen LogP) is 5.33. The van der Waals surface area contributed by atoms with Crippen LogP contribution in [0.2, 0.25) is 5.02 Å². The number of carboxylic acids is 1. The van der Waals surface area contributed by atoms with Crippen LogP contribution in [0.4, 0.5) is 0 Å². The van der Waals surface area contributed by atoms with Crippen LogP contribution in [0.25, 0.3) is 11.6 Å². The van der Waals surface area contributed by atoms with Gasteiger partial charge in [-0.1, -0.05) is 60.1 Å². The maximum atomic E-state index is 11.8. The normalized spacial score (nSPS) is 12.0. The summed E-state index contributed by atoms with van der Waals surface area (Å²) in [6.45, 7) is 0. The van der Waals surface area contributed by atoms with E-state index in [0.717, 1.165) is 16.7 Å². The molecule has 0 saturated heterocycles. The second-order valence-corrected chi connectivity index (χ2v) is 6.03. The Morgan fingerprint density at radius 3 is 2.15 bits per heavy atom. The fraction of sp³-hybridized carbons (Fsp3) is 0. The summed E-state index contributed by atoms with van der Waals surface area (Å²) in [5.74, 6) is -1.02. The lowest BCUT2D eigenvalue weighted by molar-refractivity contribution is -0.132. The minimum Gasteiger partial charge on any atom is -0.478 e. The van der Waals surface area contributed by atoms with E-state index >= 15 is 0 Å². The first-order valence-corrected chi connectivity index (χ1v) is 8.40. The molecule has 128 valence electrons. The van der Waals surface area contributed by atoms with Gasteiger partial charge in [0, 0.05) is 11.2 Å².